The zero-order valence-corrected chi connectivity index (χ0v) is 21.1. The number of nitrogens with zero attached hydrogens (tertiary/aromatic N) is 1. The summed E-state index contributed by atoms with van der Waals surface area (Å²) in [5.41, 5.74) is 5.93. The maximum atomic E-state index is 13.8. The number of alkyl halides is 4. The van der Waals surface area contributed by atoms with Crippen molar-refractivity contribution in [1.82, 2.24) is 10.2 Å². The lowest BCUT2D eigenvalue weighted by Gasteiger charge is -2.43. The number of halogens is 4. The van der Waals surface area contributed by atoms with Gasteiger partial charge in [0, 0.05) is 18.2 Å². The second-order valence-electron chi connectivity index (χ2n) is 9.53. The third-order valence-electron chi connectivity index (χ3n) is 7.14. The molecule has 1 N–H and O–H groups in total. The van der Waals surface area contributed by atoms with Crippen LogP contribution < -0.4 is 14.8 Å². The molecule has 0 aromatic heterocycles. The fraction of sp³-hybridized carbons (Fsp3) is 0.500. The monoisotopic (exact) mass is 506 g/mol. The van der Waals surface area contributed by atoms with E-state index in [1.54, 1.807) is 24.1 Å². The Bertz CT molecular complexity index is 1100. The Kier molecular flexibility index (Phi) is 8.25. The molecule has 0 spiro atoms. The topological polar surface area (TPSA) is 33.7 Å². The van der Waals surface area contributed by atoms with Crippen molar-refractivity contribution < 1.29 is 27.0 Å². The summed E-state index contributed by atoms with van der Waals surface area (Å²) >= 11 is 0. The third kappa shape index (κ3) is 5.54. The molecule has 4 nitrogen and oxygen atoms in total. The minimum absolute atomic E-state index is 0.310. The Balaban J connectivity index is 1.74. The fourth-order valence-corrected chi connectivity index (χ4v) is 5.53. The zero-order valence-electron chi connectivity index (χ0n) is 21.1. The maximum absolute atomic E-state index is 13.8. The number of rotatable bonds is 10. The molecule has 0 saturated carbocycles. The zero-order chi connectivity index (χ0) is 25.9. The summed E-state index contributed by atoms with van der Waals surface area (Å²) in [7, 11) is 1.55. The van der Waals surface area contributed by atoms with Crippen LogP contribution in [0.1, 0.15) is 48.1 Å². The maximum Gasteiger partial charge on any atom is 0.401 e. The molecule has 0 radical (unpaired) electrons. The van der Waals surface area contributed by atoms with Crippen LogP contribution >= 0.6 is 0 Å². The molecule has 196 valence electrons. The minimum Gasteiger partial charge on any atom is -0.496 e. The molecule has 2 aromatic carbocycles. The molecule has 0 bridgehead atoms. The number of ether oxygens (including phenoxy) is 2. The SMILES string of the molecule is COc1ccc(OCCNCCCF)c(C)c1[C@@H]1C2=C(C[C@@H](C)N1CC(F)(F)F)c1ccccc1C2. The lowest BCUT2D eigenvalue weighted by atomic mass is 9.83. The Morgan fingerprint density at radius 2 is 1.83 bits per heavy atom. The number of methoxy groups -OCH3 is 1. The summed E-state index contributed by atoms with van der Waals surface area (Å²) in [6.45, 7) is 3.86. The van der Waals surface area contributed by atoms with Gasteiger partial charge in [0.15, 0.2) is 0 Å². The number of benzene rings is 2. The molecule has 0 amide bonds. The second-order valence-corrected chi connectivity index (χ2v) is 9.53. The lowest BCUT2D eigenvalue weighted by Crippen LogP contribution is -2.46. The summed E-state index contributed by atoms with van der Waals surface area (Å²) in [4.78, 5) is 1.57. The van der Waals surface area contributed by atoms with Gasteiger partial charge in [0.2, 0.25) is 0 Å². The van der Waals surface area contributed by atoms with Crippen LogP contribution in [0.2, 0.25) is 0 Å². The Labute approximate surface area is 210 Å². The van der Waals surface area contributed by atoms with Crippen molar-refractivity contribution in [3.05, 3.63) is 64.2 Å². The van der Waals surface area contributed by atoms with E-state index >= 15 is 0 Å². The number of hydrogen-bond donors (Lipinski definition) is 1. The molecule has 2 aromatic rings. The van der Waals surface area contributed by atoms with E-state index in [4.69, 9.17) is 9.47 Å². The predicted molar refractivity (Wildman–Crippen MR) is 133 cm³/mol. The minimum atomic E-state index is -4.34. The van der Waals surface area contributed by atoms with Crippen LogP contribution in [0, 0.1) is 6.92 Å². The van der Waals surface area contributed by atoms with Gasteiger partial charge in [-0.15, -0.1) is 0 Å². The van der Waals surface area contributed by atoms with E-state index in [2.05, 4.69) is 17.4 Å². The molecule has 0 fully saturated rings. The van der Waals surface area contributed by atoms with Gasteiger partial charge in [-0.1, -0.05) is 24.3 Å². The first kappa shape index (κ1) is 26.5. The number of nitrogens with one attached hydrogen (secondary N) is 1. The average Bonchev–Trinajstić information content (AvgIpc) is 3.20. The molecule has 8 heteroatoms. The number of fused-ring (bicyclic) bond motifs is 2. The summed E-state index contributed by atoms with van der Waals surface area (Å²) in [5.74, 6) is 1.16. The van der Waals surface area contributed by atoms with Crippen LogP contribution in [0.4, 0.5) is 17.6 Å². The normalized spacial score (nSPS) is 19.9. The molecule has 1 aliphatic heterocycles. The average molecular weight is 507 g/mol. The molecule has 1 aliphatic carbocycles. The Morgan fingerprint density at radius 3 is 2.56 bits per heavy atom. The first-order valence-electron chi connectivity index (χ1n) is 12.4. The summed E-state index contributed by atoms with van der Waals surface area (Å²) in [6.07, 6.45) is -2.71. The van der Waals surface area contributed by atoms with Gasteiger partial charge in [0.1, 0.15) is 18.1 Å². The van der Waals surface area contributed by atoms with E-state index in [0.29, 0.717) is 50.5 Å². The predicted octanol–water partition coefficient (Wildman–Crippen LogP) is 6.04. The molecule has 36 heavy (non-hydrogen) atoms. The van der Waals surface area contributed by atoms with Crippen molar-refractivity contribution in [1.29, 1.82) is 0 Å². The summed E-state index contributed by atoms with van der Waals surface area (Å²) in [5, 5.41) is 3.13. The quantitative estimate of drug-likeness (QED) is 0.315. The highest BCUT2D eigenvalue weighted by molar-refractivity contribution is 5.79. The van der Waals surface area contributed by atoms with Gasteiger partial charge in [0.05, 0.1) is 26.4 Å². The van der Waals surface area contributed by atoms with E-state index < -0.39 is 18.8 Å². The largest absolute Gasteiger partial charge is 0.496 e. The molecule has 2 atom stereocenters. The first-order valence-corrected chi connectivity index (χ1v) is 12.4. The van der Waals surface area contributed by atoms with Crippen molar-refractivity contribution in [2.24, 2.45) is 0 Å². The van der Waals surface area contributed by atoms with Crippen LogP contribution in [0.15, 0.2) is 42.0 Å². The van der Waals surface area contributed by atoms with Gasteiger partial charge in [-0.05, 0) is 79.6 Å². The molecule has 0 unspecified atom stereocenters. The van der Waals surface area contributed by atoms with Gasteiger partial charge in [-0.2, -0.15) is 13.2 Å². The highest BCUT2D eigenvalue weighted by atomic mass is 19.4. The fourth-order valence-electron chi connectivity index (χ4n) is 5.53. The van der Waals surface area contributed by atoms with Gasteiger partial charge >= 0.3 is 6.18 Å². The van der Waals surface area contributed by atoms with Gasteiger partial charge in [0.25, 0.3) is 0 Å². The summed E-state index contributed by atoms with van der Waals surface area (Å²) < 4.78 is 65.5. The highest BCUT2D eigenvalue weighted by Crippen LogP contribution is 2.52. The van der Waals surface area contributed by atoms with Crippen molar-refractivity contribution in [2.45, 2.75) is 51.4 Å². The van der Waals surface area contributed by atoms with E-state index in [-0.39, 0.29) is 12.7 Å². The Morgan fingerprint density at radius 1 is 1.08 bits per heavy atom. The van der Waals surface area contributed by atoms with E-state index in [1.807, 2.05) is 26.0 Å². The van der Waals surface area contributed by atoms with Crippen molar-refractivity contribution in [3.8, 4) is 11.5 Å². The van der Waals surface area contributed by atoms with E-state index in [1.165, 1.54) is 0 Å². The van der Waals surface area contributed by atoms with Gasteiger partial charge < -0.3 is 14.8 Å². The molecular formula is C28H34F4N2O2. The second kappa shape index (κ2) is 11.2. The van der Waals surface area contributed by atoms with E-state index in [0.717, 1.165) is 33.4 Å². The van der Waals surface area contributed by atoms with Gasteiger partial charge in [-0.25, -0.2) is 0 Å². The van der Waals surface area contributed by atoms with Crippen LogP contribution in [0.25, 0.3) is 5.57 Å². The van der Waals surface area contributed by atoms with Crippen molar-refractivity contribution in [3.63, 3.8) is 0 Å². The molecule has 4 rings (SSSR count). The first-order chi connectivity index (χ1) is 17.2. The van der Waals surface area contributed by atoms with Crippen molar-refractivity contribution >= 4 is 5.57 Å². The van der Waals surface area contributed by atoms with Crippen LogP contribution in [-0.2, 0) is 6.42 Å². The lowest BCUT2D eigenvalue weighted by molar-refractivity contribution is -0.155. The third-order valence-corrected chi connectivity index (χ3v) is 7.14. The number of hydrogen-bond acceptors (Lipinski definition) is 4. The van der Waals surface area contributed by atoms with E-state index in [9.17, 15) is 17.6 Å². The smallest absolute Gasteiger partial charge is 0.401 e. The van der Waals surface area contributed by atoms with Gasteiger partial charge in [-0.3, -0.25) is 9.29 Å². The van der Waals surface area contributed by atoms with Crippen LogP contribution in [0.5, 0.6) is 11.5 Å². The summed E-state index contributed by atoms with van der Waals surface area (Å²) in [6, 6.07) is 10.8. The van der Waals surface area contributed by atoms with Crippen molar-refractivity contribution in [2.75, 3.05) is 40.0 Å². The highest BCUT2D eigenvalue weighted by Gasteiger charge is 2.45. The molecule has 1 heterocycles. The Hall–Kier alpha value is -2.58. The van der Waals surface area contributed by atoms with Crippen LogP contribution in [-0.4, -0.2) is 57.1 Å². The van der Waals surface area contributed by atoms with Crippen LogP contribution in [0.3, 0.4) is 0 Å². The molecule has 2 aliphatic rings. The molecule has 0 saturated heterocycles. The molecular weight excluding hydrogens is 472 g/mol. The standard InChI is InChI=1S/C28H34F4N2O2/c1-18-15-22-21-8-5-4-7-20(21)16-23(22)27(34(18)17-28(30,31)32)26-19(2)24(9-10-25(26)35-3)36-14-13-33-12-6-11-29/h4-5,7-10,18,27,33H,6,11-17H2,1-3H3/t18-,27+/m1/s1.